The van der Waals surface area contributed by atoms with Crippen molar-refractivity contribution < 1.29 is 0 Å². The summed E-state index contributed by atoms with van der Waals surface area (Å²) in [5, 5.41) is 2.46. The van der Waals surface area contributed by atoms with E-state index in [4.69, 9.17) is 9.97 Å². The molecular weight excluding hydrogens is 504 g/mol. The Morgan fingerprint density at radius 2 is 1.06 bits per heavy atom. The summed E-state index contributed by atoms with van der Waals surface area (Å²) in [5.74, 6) is 0.733. The van der Waals surface area contributed by atoms with Crippen molar-refractivity contribution in [3.8, 4) is 45.0 Å². The Morgan fingerprint density at radius 3 is 1.72 bits per heavy atom. The minimum absolute atomic E-state index is 0.733. The summed E-state index contributed by atoms with van der Waals surface area (Å²) in [6, 6.07) is 42.1. The van der Waals surface area contributed by atoms with Crippen molar-refractivity contribution in [2.75, 3.05) is 0 Å². The van der Waals surface area contributed by atoms with Crippen LogP contribution in [-0.4, -0.2) is 9.97 Å². The molecule has 1 heterocycles. The fraction of sp³-hybridized carbons (Fsp3) is 0.0303. The Kier molecular flexibility index (Phi) is 5.92. The third-order valence-corrected chi connectivity index (χ3v) is 6.98. The maximum absolute atomic E-state index is 5.05. The Bertz CT molecular complexity index is 1680. The van der Waals surface area contributed by atoms with Gasteiger partial charge in [0, 0.05) is 26.7 Å². The molecule has 6 aromatic rings. The van der Waals surface area contributed by atoms with E-state index >= 15 is 0 Å². The molecule has 2 nitrogen and oxygen atoms in total. The summed E-state index contributed by atoms with van der Waals surface area (Å²) in [4.78, 5) is 10.0. The molecular formula is C33H23BrN2. The molecule has 0 bridgehead atoms. The van der Waals surface area contributed by atoms with Crippen LogP contribution in [0.4, 0.5) is 0 Å². The summed E-state index contributed by atoms with van der Waals surface area (Å²) in [7, 11) is 0. The number of nitrogens with zero attached hydrogens (tertiary/aromatic N) is 2. The van der Waals surface area contributed by atoms with Gasteiger partial charge in [0.05, 0.1) is 11.4 Å². The molecule has 36 heavy (non-hydrogen) atoms. The van der Waals surface area contributed by atoms with Gasteiger partial charge in [0.1, 0.15) is 0 Å². The van der Waals surface area contributed by atoms with Crippen LogP contribution in [0.3, 0.4) is 0 Å². The van der Waals surface area contributed by atoms with E-state index in [2.05, 4.69) is 120 Å². The predicted molar refractivity (Wildman–Crippen MR) is 154 cm³/mol. The molecule has 1 aromatic heterocycles. The van der Waals surface area contributed by atoms with Gasteiger partial charge < -0.3 is 0 Å². The molecule has 6 rings (SSSR count). The van der Waals surface area contributed by atoms with E-state index in [-0.39, 0.29) is 0 Å². The van der Waals surface area contributed by atoms with Gasteiger partial charge in [0.2, 0.25) is 0 Å². The molecule has 0 radical (unpaired) electrons. The number of rotatable bonds is 4. The summed E-state index contributed by atoms with van der Waals surface area (Å²) in [6.45, 7) is 2.11. The Morgan fingerprint density at radius 1 is 0.528 bits per heavy atom. The highest BCUT2D eigenvalue weighted by Gasteiger charge is 2.16. The Balaban J connectivity index is 1.50. The highest BCUT2D eigenvalue weighted by molar-refractivity contribution is 9.10. The van der Waals surface area contributed by atoms with Crippen LogP contribution >= 0.6 is 15.9 Å². The number of halogens is 1. The van der Waals surface area contributed by atoms with Crippen LogP contribution in [0.15, 0.2) is 126 Å². The van der Waals surface area contributed by atoms with Crippen molar-refractivity contribution in [2.45, 2.75) is 6.92 Å². The van der Waals surface area contributed by atoms with E-state index in [0.29, 0.717) is 0 Å². The van der Waals surface area contributed by atoms with Gasteiger partial charge in [-0.15, -0.1) is 0 Å². The van der Waals surface area contributed by atoms with E-state index in [1.54, 1.807) is 0 Å². The van der Waals surface area contributed by atoms with Crippen LogP contribution in [0.5, 0.6) is 0 Å². The van der Waals surface area contributed by atoms with Gasteiger partial charge in [0.15, 0.2) is 5.82 Å². The largest absolute Gasteiger partial charge is 0.228 e. The van der Waals surface area contributed by atoms with Crippen molar-refractivity contribution in [1.82, 2.24) is 9.97 Å². The second-order valence-corrected chi connectivity index (χ2v) is 9.77. The Labute approximate surface area is 219 Å². The van der Waals surface area contributed by atoms with E-state index in [9.17, 15) is 0 Å². The smallest absolute Gasteiger partial charge is 0.160 e. The quantitative estimate of drug-likeness (QED) is 0.228. The summed E-state index contributed by atoms with van der Waals surface area (Å²) >= 11 is 3.68. The van der Waals surface area contributed by atoms with Crippen molar-refractivity contribution in [1.29, 1.82) is 0 Å². The summed E-state index contributed by atoms with van der Waals surface area (Å²) < 4.78 is 1.08. The lowest BCUT2D eigenvalue weighted by Gasteiger charge is -2.14. The number of hydrogen-bond acceptors (Lipinski definition) is 2. The lowest BCUT2D eigenvalue weighted by molar-refractivity contribution is 1.15. The zero-order chi connectivity index (χ0) is 24.5. The number of hydrogen-bond donors (Lipinski definition) is 0. The lowest BCUT2D eigenvalue weighted by Crippen LogP contribution is -2.00. The molecule has 0 saturated heterocycles. The van der Waals surface area contributed by atoms with Crippen LogP contribution in [0.25, 0.3) is 55.8 Å². The highest BCUT2D eigenvalue weighted by atomic mass is 79.9. The zero-order valence-corrected chi connectivity index (χ0v) is 21.4. The first-order valence-electron chi connectivity index (χ1n) is 12.0. The second-order valence-electron chi connectivity index (χ2n) is 8.85. The zero-order valence-electron chi connectivity index (χ0n) is 19.8. The van der Waals surface area contributed by atoms with Gasteiger partial charge in [-0.05, 0) is 41.0 Å². The van der Waals surface area contributed by atoms with E-state index in [0.717, 1.165) is 43.9 Å². The van der Waals surface area contributed by atoms with Crippen LogP contribution in [-0.2, 0) is 0 Å². The molecule has 0 fully saturated rings. The van der Waals surface area contributed by atoms with Crippen molar-refractivity contribution in [3.63, 3.8) is 0 Å². The standard InChI is InChI=1S/C33H23BrN2/c1-22-31(24-10-4-2-5-11-24)35-33(26-12-6-3-7-13-26)36-32(22)25-18-16-23(17-19-25)30-21-28(34)20-27-14-8-9-15-29(27)30/h2-21H,1H3. The van der Waals surface area contributed by atoms with Gasteiger partial charge in [-0.3, -0.25) is 0 Å². The third kappa shape index (κ3) is 4.23. The van der Waals surface area contributed by atoms with Crippen LogP contribution < -0.4 is 0 Å². The van der Waals surface area contributed by atoms with E-state index in [1.807, 2.05) is 24.3 Å². The minimum atomic E-state index is 0.733. The van der Waals surface area contributed by atoms with Gasteiger partial charge in [-0.1, -0.05) is 125 Å². The molecule has 0 aliphatic carbocycles. The monoisotopic (exact) mass is 526 g/mol. The van der Waals surface area contributed by atoms with E-state index < -0.39 is 0 Å². The SMILES string of the molecule is Cc1c(-c2ccccc2)nc(-c2ccccc2)nc1-c1ccc(-c2cc(Br)cc3ccccc23)cc1. The van der Waals surface area contributed by atoms with Crippen molar-refractivity contribution in [2.24, 2.45) is 0 Å². The molecule has 0 aliphatic rings. The van der Waals surface area contributed by atoms with E-state index in [1.165, 1.54) is 21.9 Å². The minimum Gasteiger partial charge on any atom is -0.228 e. The molecule has 0 atom stereocenters. The predicted octanol–water partition coefficient (Wildman–Crippen LogP) is 9.37. The van der Waals surface area contributed by atoms with Crippen LogP contribution in [0.1, 0.15) is 5.56 Å². The maximum atomic E-state index is 5.05. The van der Waals surface area contributed by atoms with Gasteiger partial charge in [0.25, 0.3) is 0 Å². The fourth-order valence-electron chi connectivity index (χ4n) is 4.71. The molecule has 5 aromatic carbocycles. The number of aromatic nitrogens is 2. The maximum Gasteiger partial charge on any atom is 0.160 e. The molecule has 172 valence electrons. The highest BCUT2D eigenvalue weighted by Crippen LogP contribution is 2.35. The fourth-order valence-corrected chi connectivity index (χ4v) is 5.19. The molecule has 0 spiro atoms. The first-order valence-corrected chi connectivity index (χ1v) is 12.8. The first kappa shape index (κ1) is 22.4. The molecule has 0 unspecified atom stereocenters. The number of fused-ring (bicyclic) bond motifs is 1. The van der Waals surface area contributed by atoms with Crippen molar-refractivity contribution in [3.05, 3.63) is 131 Å². The van der Waals surface area contributed by atoms with Gasteiger partial charge >= 0.3 is 0 Å². The summed E-state index contributed by atoms with van der Waals surface area (Å²) in [5.41, 5.74) is 8.54. The van der Waals surface area contributed by atoms with Crippen LogP contribution in [0, 0.1) is 6.92 Å². The molecule has 0 amide bonds. The third-order valence-electron chi connectivity index (χ3n) is 6.52. The van der Waals surface area contributed by atoms with Crippen LogP contribution in [0.2, 0.25) is 0 Å². The number of benzene rings is 5. The van der Waals surface area contributed by atoms with Gasteiger partial charge in [-0.25, -0.2) is 9.97 Å². The first-order chi connectivity index (χ1) is 17.7. The molecule has 3 heteroatoms. The molecule has 0 aliphatic heterocycles. The topological polar surface area (TPSA) is 25.8 Å². The lowest BCUT2D eigenvalue weighted by atomic mass is 9.95. The Hall–Kier alpha value is -4.08. The average Bonchev–Trinajstić information content (AvgIpc) is 2.94. The van der Waals surface area contributed by atoms with Gasteiger partial charge in [-0.2, -0.15) is 0 Å². The molecule has 0 saturated carbocycles. The summed E-state index contributed by atoms with van der Waals surface area (Å²) in [6.07, 6.45) is 0. The average molecular weight is 527 g/mol. The molecule has 0 N–H and O–H groups in total. The van der Waals surface area contributed by atoms with Crippen molar-refractivity contribution >= 4 is 26.7 Å². The normalized spacial score (nSPS) is 11.1. The second kappa shape index (κ2) is 9.52.